The van der Waals surface area contributed by atoms with Crippen LogP contribution in [0.2, 0.25) is 0 Å². The molecule has 0 saturated heterocycles. The van der Waals surface area contributed by atoms with Gasteiger partial charge < -0.3 is 0 Å². The van der Waals surface area contributed by atoms with Crippen molar-refractivity contribution in [3.8, 4) is 10.4 Å². The number of unbranched alkanes of at least 4 members (excludes halogenated alkanes) is 7. The van der Waals surface area contributed by atoms with E-state index >= 15 is 0 Å². The highest BCUT2D eigenvalue weighted by Crippen LogP contribution is 2.66. The lowest BCUT2D eigenvalue weighted by Crippen LogP contribution is -2.11. The van der Waals surface area contributed by atoms with Gasteiger partial charge in [0.15, 0.2) is 0 Å². The first-order valence-corrected chi connectivity index (χ1v) is 22.5. The number of thiophene rings is 1. The molecular weight excluding hydrogens is 595 g/mol. The minimum Gasteiger partial charge on any atom is -0.171 e. The van der Waals surface area contributed by atoms with Crippen molar-refractivity contribution < 1.29 is 0 Å². The van der Waals surface area contributed by atoms with E-state index in [0.29, 0.717) is 0 Å². The van der Waals surface area contributed by atoms with Crippen molar-refractivity contribution in [2.75, 3.05) is 0 Å². The number of benzene rings is 2. The third-order valence-corrected chi connectivity index (χ3v) is 18.5. The highest BCUT2D eigenvalue weighted by molar-refractivity contribution is 8.64. The number of hydrogen-bond acceptors (Lipinski definition) is 1. The number of aryl methyl sites for hydroxylation is 2. The van der Waals surface area contributed by atoms with Crippen molar-refractivity contribution in [2.24, 2.45) is 0 Å². The molecule has 1 aliphatic rings. The summed E-state index contributed by atoms with van der Waals surface area (Å²) in [4.78, 5) is 4.87. The van der Waals surface area contributed by atoms with E-state index in [1.54, 1.807) is 0 Å². The Morgan fingerprint density at radius 3 is 1.72 bits per heavy atom. The van der Waals surface area contributed by atoms with Gasteiger partial charge in [0.05, 0.1) is 0 Å². The minimum absolute atomic E-state index is 0.991. The Hall–Kier alpha value is -0.943. The van der Waals surface area contributed by atoms with Gasteiger partial charge in [-0.25, -0.2) is 0 Å². The third kappa shape index (κ3) is 8.77. The van der Waals surface area contributed by atoms with Crippen molar-refractivity contribution >= 4 is 69.9 Å². The molecule has 0 fully saturated rings. The lowest BCUT2D eigenvalue weighted by molar-refractivity contribution is 0.575. The Labute approximate surface area is 257 Å². The molecule has 1 unspecified atom stereocenters. The Balaban J connectivity index is 1.37. The van der Waals surface area contributed by atoms with E-state index in [2.05, 4.69) is 86.7 Å². The van der Waals surface area contributed by atoms with Gasteiger partial charge in [0.1, 0.15) is 0 Å². The van der Waals surface area contributed by atoms with Crippen molar-refractivity contribution in [2.45, 2.75) is 84.5 Å². The summed E-state index contributed by atoms with van der Waals surface area (Å²) in [5.74, 6) is 0. The summed E-state index contributed by atoms with van der Waals surface area (Å²) in [6.45, 7) is 4.49. The van der Waals surface area contributed by atoms with Crippen molar-refractivity contribution in [3.63, 3.8) is 0 Å². The molecule has 210 valence electrons. The Morgan fingerprint density at radius 2 is 1.10 bits per heavy atom. The zero-order valence-electron chi connectivity index (χ0n) is 23.2. The van der Waals surface area contributed by atoms with Gasteiger partial charge in [-0.1, -0.05) is 114 Å². The van der Waals surface area contributed by atoms with Crippen LogP contribution >= 0.6 is 54.9 Å². The smallest absolute Gasteiger partial charge is 0.171 e. The average molecular weight is 636 g/mol. The summed E-state index contributed by atoms with van der Waals surface area (Å²) >= 11 is 22.1. The fourth-order valence-corrected chi connectivity index (χ4v) is 16.5. The summed E-state index contributed by atoms with van der Waals surface area (Å²) in [5, 5.41) is -3.00. The molecule has 39 heavy (non-hydrogen) atoms. The molecule has 4 rings (SSSR count). The molecule has 0 amide bonds. The van der Waals surface area contributed by atoms with Crippen molar-refractivity contribution in [3.05, 3.63) is 94.4 Å². The van der Waals surface area contributed by atoms with Crippen molar-refractivity contribution in [1.29, 1.82) is 0 Å². The number of rotatable bonds is 15. The number of halogens is 3. The average Bonchev–Trinajstić information content (AvgIpc) is 3.59. The summed E-state index contributed by atoms with van der Waals surface area (Å²) in [6, 6.07) is 22.4. The van der Waals surface area contributed by atoms with E-state index in [0.717, 1.165) is 12.8 Å². The first-order chi connectivity index (χ1) is 18.9. The summed E-state index contributed by atoms with van der Waals surface area (Å²) in [6.07, 6.45) is 18.7. The molecule has 0 nitrogen and oxygen atoms in total. The maximum Gasteiger partial charge on any atom is 0.394 e. The van der Waals surface area contributed by atoms with Gasteiger partial charge in [-0.2, -0.15) is 10.3 Å². The van der Waals surface area contributed by atoms with Gasteiger partial charge in [0, 0.05) is 14.7 Å². The number of thiol groups is 1. The standard InChI is InChI=1S/C33H41Cl3S2Si/c1-3-5-6-7-8-9-10-11-13-27-14-18-28(19-15-27)30-22-23-31(37-30)33-25-24-32(38(33)39(34,35)36)29-20-16-26(12-4-2)17-21-29/h14-25,38H,3-13H2,1-2H3. The predicted molar refractivity (Wildman–Crippen MR) is 185 cm³/mol. The second kappa shape index (κ2) is 15.3. The third-order valence-electron chi connectivity index (χ3n) is 7.34. The molecule has 1 aromatic heterocycles. The van der Waals surface area contributed by atoms with Gasteiger partial charge in [-0.05, 0) is 70.7 Å². The SMILES string of the molecule is CCCCCCCCCCc1ccc(-c2ccc(C3=CC=C(c4ccc(CCC)cc4)[SH]3[Si](Cl)(Cl)Cl)s2)cc1. The Kier molecular flexibility index (Phi) is 12.2. The topological polar surface area (TPSA) is 0 Å². The summed E-state index contributed by atoms with van der Waals surface area (Å²) in [7, 11) is -0.991. The van der Waals surface area contributed by atoms with Gasteiger partial charge in [0.2, 0.25) is 0 Å². The first kappa shape index (κ1) is 31.0. The van der Waals surface area contributed by atoms with E-state index < -0.39 is 15.5 Å². The van der Waals surface area contributed by atoms with Crippen LogP contribution in [0.3, 0.4) is 0 Å². The van der Waals surface area contributed by atoms with Crippen LogP contribution < -0.4 is 0 Å². The molecule has 3 aromatic rings. The van der Waals surface area contributed by atoms with Gasteiger partial charge in [-0.3, -0.25) is 0 Å². The molecule has 1 atom stereocenters. The summed E-state index contributed by atoms with van der Waals surface area (Å²) < 4.78 is 0. The van der Waals surface area contributed by atoms with Crippen LogP contribution in [0.1, 0.15) is 93.2 Å². The van der Waals surface area contributed by atoms with Crippen LogP contribution in [0, 0.1) is 0 Å². The maximum atomic E-state index is 6.76. The van der Waals surface area contributed by atoms with E-state index in [4.69, 9.17) is 33.2 Å². The molecule has 0 aliphatic carbocycles. The Morgan fingerprint density at radius 1 is 0.564 bits per heavy atom. The lowest BCUT2D eigenvalue weighted by atomic mass is 10.0. The molecule has 0 N–H and O–H groups in total. The molecule has 0 saturated carbocycles. The highest BCUT2D eigenvalue weighted by atomic mass is 35.9. The molecular formula is C33H41Cl3S2Si. The fraction of sp³-hybridized carbons (Fsp3) is 0.394. The minimum atomic E-state index is -3.00. The molecule has 6 heteroatoms. The molecule has 0 bridgehead atoms. The van der Waals surface area contributed by atoms with Crippen molar-refractivity contribution in [1.82, 2.24) is 0 Å². The molecule has 0 spiro atoms. The summed E-state index contributed by atoms with van der Waals surface area (Å²) in [5.41, 5.74) is 5.23. The largest absolute Gasteiger partial charge is 0.394 e. The van der Waals surface area contributed by atoms with Crippen LogP contribution in [0.25, 0.3) is 20.3 Å². The quantitative estimate of drug-likeness (QED) is 0.0730. The van der Waals surface area contributed by atoms with Crippen LogP contribution in [-0.4, -0.2) is 5.15 Å². The zero-order valence-corrected chi connectivity index (χ0v) is 28.2. The first-order valence-electron chi connectivity index (χ1n) is 14.5. The van der Waals surface area contributed by atoms with Gasteiger partial charge >= 0.3 is 5.15 Å². The predicted octanol–water partition coefficient (Wildman–Crippen LogP) is 12.6. The van der Waals surface area contributed by atoms with Crippen LogP contribution in [0.4, 0.5) is 0 Å². The van der Waals surface area contributed by atoms with E-state index in [1.807, 2.05) is 11.3 Å². The van der Waals surface area contributed by atoms with E-state index in [1.165, 1.54) is 99.6 Å². The normalized spacial score (nSPS) is 16.4. The molecule has 2 heterocycles. The van der Waals surface area contributed by atoms with Crippen LogP contribution in [0.15, 0.2) is 72.8 Å². The zero-order chi connectivity index (χ0) is 27.7. The fourth-order valence-electron chi connectivity index (χ4n) is 5.19. The van der Waals surface area contributed by atoms with E-state index in [-0.39, 0.29) is 0 Å². The van der Waals surface area contributed by atoms with E-state index in [9.17, 15) is 0 Å². The Bertz CT molecular complexity index is 1240. The second-order valence-electron chi connectivity index (χ2n) is 10.4. The van der Waals surface area contributed by atoms with Crippen LogP contribution in [0.5, 0.6) is 0 Å². The lowest BCUT2D eigenvalue weighted by Gasteiger charge is -2.28. The molecule has 2 aromatic carbocycles. The maximum absolute atomic E-state index is 6.76. The number of allylic oxidation sites excluding steroid dienone is 2. The van der Waals surface area contributed by atoms with Gasteiger partial charge in [-0.15, -0.1) is 44.6 Å². The van der Waals surface area contributed by atoms with Gasteiger partial charge in [0.25, 0.3) is 0 Å². The monoisotopic (exact) mass is 634 g/mol. The number of hydrogen-bond donors (Lipinski definition) is 1. The second-order valence-corrected chi connectivity index (χ2v) is 26.7. The molecule has 1 aliphatic heterocycles. The molecule has 0 radical (unpaired) electrons. The highest BCUT2D eigenvalue weighted by Gasteiger charge is 2.41. The van der Waals surface area contributed by atoms with Crippen LogP contribution in [-0.2, 0) is 12.8 Å².